The molecule has 0 spiro atoms. The van der Waals surface area contributed by atoms with Gasteiger partial charge < -0.3 is 19.2 Å². The molecule has 0 aliphatic carbocycles. The summed E-state index contributed by atoms with van der Waals surface area (Å²) in [6, 6.07) is 7.16. The van der Waals surface area contributed by atoms with Crippen molar-refractivity contribution in [1.29, 1.82) is 0 Å². The molecule has 1 N–H and O–H groups in total. The van der Waals surface area contributed by atoms with Crippen molar-refractivity contribution in [1.82, 2.24) is 5.32 Å². The summed E-state index contributed by atoms with van der Waals surface area (Å²) in [7, 11) is -3.15. The fraction of sp³-hybridized carbons (Fsp3) is 0.474. The number of nitrogens with one attached hydrogen (secondary N) is 1. The van der Waals surface area contributed by atoms with Gasteiger partial charge in [0, 0.05) is 17.6 Å². The SMILES string of the molecule is CCOCc1c(C(=O)OCC(=O)N[C@@]2(C)CCS(=O)(=O)C2)oc2ccccc12. The van der Waals surface area contributed by atoms with Crippen LogP contribution in [0.2, 0.25) is 0 Å². The van der Waals surface area contributed by atoms with Crippen LogP contribution in [-0.4, -0.2) is 50.6 Å². The maximum Gasteiger partial charge on any atom is 0.375 e. The van der Waals surface area contributed by atoms with Crippen molar-refractivity contribution in [3.8, 4) is 0 Å². The average Bonchev–Trinajstić information content (AvgIpc) is 3.14. The molecule has 28 heavy (non-hydrogen) atoms. The summed E-state index contributed by atoms with van der Waals surface area (Å²) in [5, 5.41) is 3.39. The zero-order valence-electron chi connectivity index (χ0n) is 15.8. The number of para-hydroxylation sites is 1. The van der Waals surface area contributed by atoms with Gasteiger partial charge in [0.05, 0.1) is 23.7 Å². The van der Waals surface area contributed by atoms with Crippen molar-refractivity contribution in [2.75, 3.05) is 24.7 Å². The highest BCUT2D eigenvalue weighted by atomic mass is 32.2. The lowest BCUT2D eigenvalue weighted by Crippen LogP contribution is -2.48. The molecule has 9 heteroatoms. The van der Waals surface area contributed by atoms with Gasteiger partial charge in [0.1, 0.15) is 5.58 Å². The standard InChI is InChI=1S/C19H23NO7S/c1-3-25-10-14-13-6-4-5-7-15(13)27-17(14)18(22)26-11-16(21)20-19(2)8-9-28(23,24)12-19/h4-7H,3,8-12H2,1-2H3,(H,20,21)/t19-/m0/s1. The van der Waals surface area contributed by atoms with Gasteiger partial charge in [0.25, 0.3) is 5.91 Å². The Morgan fingerprint density at radius 3 is 2.71 bits per heavy atom. The molecule has 2 aromatic rings. The van der Waals surface area contributed by atoms with E-state index < -0.39 is 33.9 Å². The number of sulfone groups is 1. The predicted molar refractivity (Wildman–Crippen MR) is 102 cm³/mol. The molecule has 152 valence electrons. The van der Waals surface area contributed by atoms with Crippen LogP contribution >= 0.6 is 0 Å². The molecule has 1 aliphatic heterocycles. The predicted octanol–water partition coefficient (Wildman–Crippen LogP) is 1.82. The number of carbonyl (C=O) groups is 2. The van der Waals surface area contributed by atoms with E-state index in [0.717, 1.165) is 5.39 Å². The minimum absolute atomic E-state index is 0.00268. The van der Waals surface area contributed by atoms with E-state index in [2.05, 4.69) is 5.32 Å². The molecule has 0 unspecified atom stereocenters. The van der Waals surface area contributed by atoms with Gasteiger partial charge in [-0.25, -0.2) is 13.2 Å². The van der Waals surface area contributed by atoms with Crippen molar-refractivity contribution in [2.45, 2.75) is 32.4 Å². The Labute approximate surface area is 163 Å². The normalized spacial score (nSPS) is 20.9. The molecule has 0 bridgehead atoms. The van der Waals surface area contributed by atoms with Gasteiger partial charge in [-0.1, -0.05) is 18.2 Å². The van der Waals surface area contributed by atoms with Crippen LogP contribution in [0.25, 0.3) is 11.0 Å². The second kappa shape index (κ2) is 7.92. The van der Waals surface area contributed by atoms with Crippen LogP contribution in [0.4, 0.5) is 0 Å². The summed E-state index contributed by atoms with van der Waals surface area (Å²) >= 11 is 0. The van der Waals surface area contributed by atoms with Crippen molar-refractivity contribution >= 4 is 32.7 Å². The van der Waals surface area contributed by atoms with Gasteiger partial charge in [-0.05, 0) is 26.3 Å². The molecule has 1 fully saturated rings. The number of hydrogen-bond donors (Lipinski definition) is 1. The zero-order valence-corrected chi connectivity index (χ0v) is 16.6. The third kappa shape index (κ3) is 4.53. The van der Waals surface area contributed by atoms with Crippen LogP contribution in [0, 0.1) is 0 Å². The summed E-state index contributed by atoms with van der Waals surface area (Å²) in [6.45, 7) is 3.63. The van der Waals surface area contributed by atoms with Gasteiger partial charge in [0.2, 0.25) is 5.76 Å². The number of rotatable bonds is 7. The largest absolute Gasteiger partial charge is 0.450 e. The van der Waals surface area contributed by atoms with E-state index in [1.54, 1.807) is 19.1 Å². The highest BCUT2D eigenvalue weighted by molar-refractivity contribution is 7.91. The van der Waals surface area contributed by atoms with Gasteiger partial charge in [-0.2, -0.15) is 0 Å². The average molecular weight is 409 g/mol. The summed E-state index contributed by atoms with van der Waals surface area (Å²) in [6.07, 6.45) is 0.330. The minimum Gasteiger partial charge on any atom is -0.450 e. The van der Waals surface area contributed by atoms with Crippen molar-refractivity contribution in [3.05, 3.63) is 35.6 Å². The fourth-order valence-electron chi connectivity index (χ4n) is 3.29. The molecule has 1 saturated heterocycles. The number of hydrogen-bond acceptors (Lipinski definition) is 7. The van der Waals surface area contributed by atoms with Crippen LogP contribution in [0.15, 0.2) is 28.7 Å². The van der Waals surface area contributed by atoms with E-state index in [1.165, 1.54) is 0 Å². The summed E-state index contributed by atoms with van der Waals surface area (Å²) in [5.41, 5.74) is 0.246. The molecule has 0 radical (unpaired) electrons. The lowest BCUT2D eigenvalue weighted by atomic mass is 10.0. The second-order valence-electron chi connectivity index (χ2n) is 7.07. The molecule has 1 atom stereocenters. The Morgan fingerprint density at radius 2 is 2.04 bits per heavy atom. The molecule has 8 nitrogen and oxygen atoms in total. The van der Waals surface area contributed by atoms with Crippen molar-refractivity contribution < 1.29 is 31.9 Å². The molecular formula is C19H23NO7S. The van der Waals surface area contributed by atoms with E-state index in [1.807, 2.05) is 19.1 Å². The fourth-order valence-corrected chi connectivity index (χ4v) is 5.38. The smallest absolute Gasteiger partial charge is 0.375 e. The number of benzene rings is 1. The summed E-state index contributed by atoms with van der Waals surface area (Å²) in [5.74, 6) is -1.43. The quantitative estimate of drug-likeness (QED) is 0.694. The molecule has 1 aromatic carbocycles. The first-order valence-corrected chi connectivity index (χ1v) is 10.8. The maximum atomic E-state index is 12.5. The lowest BCUT2D eigenvalue weighted by Gasteiger charge is -2.23. The third-order valence-electron chi connectivity index (χ3n) is 4.61. The lowest BCUT2D eigenvalue weighted by molar-refractivity contribution is -0.125. The van der Waals surface area contributed by atoms with Gasteiger partial charge in [-0.15, -0.1) is 0 Å². The molecule has 1 amide bonds. The molecule has 0 saturated carbocycles. The Bertz CT molecular complexity index is 995. The minimum atomic E-state index is -3.15. The number of furan rings is 1. The van der Waals surface area contributed by atoms with E-state index in [0.29, 0.717) is 24.2 Å². The van der Waals surface area contributed by atoms with E-state index in [9.17, 15) is 18.0 Å². The van der Waals surface area contributed by atoms with Crippen LogP contribution in [0.5, 0.6) is 0 Å². The number of ether oxygens (including phenoxy) is 2. The van der Waals surface area contributed by atoms with Crippen molar-refractivity contribution in [2.24, 2.45) is 0 Å². The molecule has 3 rings (SSSR count). The number of fused-ring (bicyclic) bond motifs is 1. The second-order valence-corrected chi connectivity index (χ2v) is 9.25. The first-order valence-electron chi connectivity index (χ1n) is 9.00. The van der Waals surface area contributed by atoms with Gasteiger partial charge in [0.15, 0.2) is 16.4 Å². The highest BCUT2D eigenvalue weighted by Crippen LogP contribution is 2.27. The molecule has 1 aliphatic rings. The van der Waals surface area contributed by atoms with Crippen molar-refractivity contribution in [3.63, 3.8) is 0 Å². The van der Waals surface area contributed by atoms with E-state index >= 15 is 0 Å². The monoisotopic (exact) mass is 409 g/mol. The Kier molecular flexibility index (Phi) is 5.76. The Morgan fingerprint density at radius 1 is 1.29 bits per heavy atom. The topological polar surface area (TPSA) is 112 Å². The number of amides is 1. The first kappa shape index (κ1) is 20.3. The van der Waals surface area contributed by atoms with Gasteiger partial charge in [-0.3, -0.25) is 4.79 Å². The van der Waals surface area contributed by atoms with Crippen LogP contribution in [-0.2, 0) is 30.7 Å². The maximum absolute atomic E-state index is 12.5. The Hall–Kier alpha value is -2.39. The van der Waals surface area contributed by atoms with E-state index in [4.69, 9.17) is 13.9 Å². The first-order chi connectivity index (χ1) is 13.2. The molecular weight excluding hydrogens is 386 g/mol. The molecule has 2 heterocycles. The van der Waals surface area contributed by atoms with E-state index in [-0.39, 0.29) is 23.9 Å². The summed E-state index contributed by atoms with van der Waals surface area (Å²) < 4.78 is 39.4. The highest BCUT2D eigenvalue weighted by Gasteiger charge is 2.39. The number of carbonyl (C=O) groups excluding carboxylic acids is 2. The van der Waals surface area contributed by atoms with Crippen LogP contribution in [0.1, 0.15) is 36.4 Å². The van der Waals surface area contributed by atoms with Gasteiger partial charge >= 0.3 is 5.97 Å². The van der Waals surface area contributed by atoms with Crippen LogP contribution < -0.4 is 5.32 Å². The Balaban J connectivity index is 1.67. The number of esters is 1. The summed E-state index contributed by atoms with van der Waals surface area (Å²) in [4.78, 5) is 24.6. The van der Waals surface area contributed by atoms with Crippen LogP contribution in [0.3, 0.4) is 0 Å². The third-order valence-corrected chi connectivity index (χ3v) is 6.52. The molecule has 1 aromatic heterocycles. The zero-order chi connectivity index (χ0) is 20.4.